The lowest BCUT2D eigenvalue weighted by Gasteiger charge is -2.25. The number of ether oxygens (including phenoxy) is 2. The molecule has 114 valence electrons. The molecule has 1 atom stereocenters. The highest BCUT2D eigenvalue weighted by atomic mass is 16.5. The summed E-state index contributed by atoms with van der Waals surface area (Å²) in [4.78, 5) is 0. The first-order valence-electron chi connectivity index (χ1n) is 7.42. The molecule has 3 nitrogen and oxygen atoms in total. The fourth-order valence-electron chi connectivity index (χ4n) is 1.97. The van der Waals surface area contributed by atoms with Crippen LogP contribution in [0.3, 0.4) is 0 Å². The van der Waals surface area contributed by atoms with Gasteiger partial charge in [0.05, 0.1) is 18.3 Å². The zero-order chi connectivity index (χ0) is 15.0. The van der Waals surface area contributed by atoms with Crippen LogP contribution in [0.15, 0.2) is 24.3 Å². The monoisotopic (exact) mass is 279 g/mol. The second kappa shape index (κ2) is 8.40. The predicted octanol–water partition coefficient (Wildman–Crippen LogP) is 3.48. The van der Waals surface area contributed by atoms with Crippen molar-refractivity contribution in [3.05, 3.63) is 35.4 Å². The van der Waals surface area contributed by atoms with Gasteiger partial charge in [-0.05, 0) is 39.3 Å². The fourth-order valence-corrected chi connectivity index (χ4v) is 1.97. The number of rotatable bonds is 9. The number of benzene rings is 1. The number of likely N-dealkylation sites (N-methyl/N-ethyl adjacent to an activating group) is 1. The van der Waals surface area contributed by atoms with Gasteiger partial charge >= 0.3 is 0 Å². The van der Waals surface area contributed by atoms with E-state index in [9.17, 15) is 0 Å². The van der Waals surface area contributed by atoms with Crippen LogP contribution in [0.4, 0.5) is 0 Å². The molecular weight excluding hydrogens is 250 g/mol. The smallest absolute Gasteiger partial charge is 0.0949 e. The first kappa shape index (κ1) is 17.2. The van der Waals surface area contributed by atoms with E-state index in [1.54, 1.807) is 7.11 Å². The number of hydrogen-bond donors (Lipinski definition) is 1. The molecule has 1 aromatic rings. The summed E-state index contributed by atoms with van der Waals surface area (Å²) in [6.07, 6.45) is 0.986. The van der Waals surface area contributed by atoms with Crippen LogP contribution in [0.25, 0.3) is 0 Å². The molecule has 0 bridgehead atoms. The highest BCUT2D eigenvalue weighted by Gasteiger charge is 2.18. The lowest BCUT2D eigenvalue weighted by atomic mass is 10.0. The molecule has 0 aromatic heterocycles. The summed E-state index contributed by atoms with van der Waals surface area (Å²) in [6.45, 7) is 10.9. The molecule has 0 spiro atoms. The standard InChI is InChI=1S/C17H29NO2/c1-6-18-13-16(15-9-7-8-14(2)12-15)20-11-10-17(3,4)19-5/h7-9,12,16,18H,6,10-11,13H2,1-5H3. The SMILES string of the molecule is CCNCC(OCCC(C)(C)OC)c1cccc(C)c1. The summed E-state index contributed by atoms with van der Waals surface area (Å²) < 4.78 is 11.5. The second-order valence-electron chi connectivity index (χ2n) is 5.80. The van der Waals surface area contributed by atoms with Crippen molar-refractivity contribution in [2.24, 2.45) is 0 Å². The normalized spacial score (nSPS) is 13.4. The minimum Gasteiger partial charge on any atom is -0.379 e. The molecule has 3 heteroatoms. The number of aryl methyl sites for hydroxylation is 1. The summed E-state index contributed by atoms with van der Waals surface area (Å²) >= 11 is 0. The Kier molecular flexibility index (Phi) is 7.20. The van der Waals surface area contributed by atoms with E-state index in [0.717, 1.165) is 19.5 Å². The van der Waals surface area contributed by atoms with Crippen LogP contribution in [-0.4, -0.2) is 32.4 Å². The average Bonchev–Trinajstić information content (AvgIpc) is 2.42. The molecule has 1 rings (SSSR count). The van der Waals surface area contributed by atoms with Crippen molar-refractivity contribution < 1.29 is 9.47 Å². The Morgan fingerprint density at radius 1 is 1.30 bits per heavy atom. The van der Waals surface area contributed by atoms with Crippen molar-refractivity contribution in [1.29, 1.82) is 0 Å². The Bertz CT molecular complexity index is 390. The van der Waals surface area contributed by atoms with E-state index in [0.29, 0.717) is 6.61 Å². The average molecular weight is 279 g/mol. The molecule has 0 saturated carbocycles. The number of methoxy groups -OCH3 is 1. The molecule has 0 aliphatic rings. The van der Waals surface area contributed by atoms with E-state index in [1.807, 2.05) is 0 Å². The lowest BCUT2D eigenvalue weighted by Crippen LogP contribution is -2.27. The molecule has 1 N–H and O–H groups in total. The van der Waals surface area contributed by atoms with E-state index in [-0.39, 0.29) is 11.7 Å². The molecule has 1 unspecified atom stereocenters. The maximum Gasteiger partial charge on any atom is 0.0949 e. The van der Waals surface area contributed by atoms with Gasteiger partial charge in [0, 0.05) is 13.7 Å². The first-order valence-corrected chi connectivity index (χ1v) is 7.42. The van der Waals surface area contributed by atoms with Gasteiger partial charge in [-0.25, -0.2) is 0 Å². The van der Waals surface area contributed by atoms with Crippen molar-refractivity contribution in [1.82, 2.24) is 5.32 Å². The quantitative estimate of drug-likeness (QED) is 0.750. The third-order valence-corrected chi connectivity index (χ3v) is 3.57. The molecular formula is C17H29NO2. The minimum atomic E-state index is -0.130. The summed E-state index contributed by atoms with van der Waals surface area (Å²) in [6, 6.07) is 8.54. The van der Waals surface area contributed by atoms with Gasteiger partial charge in [0.15, 0.2) is 0 Å². The zero-order valence-corrected chi connectivity index (χ0v) is 13.5. The van der Waals surface area contributed by atoms with Crippen LogP contribution in [0.2, 0.25) is 0 Å². The van der Waals surface area contributed by atoms with E-state index < -0.39 is 0 Å². The maximum atomic E-state index is 6.08. The van der Waals surface area contributed by atoms with Gasteiger partial charge < -0.3 is 14.8 Å². The maximum absolute atomic E-state index is 6.08. The van der Waals surface area contributed by atoms with Gasteiger partial charge in [-0.15, -0.1) is 0 Å². The van der Waals surface area contributed by atoms with Crippen molar-refractivity contribution in [2.75, 3.05) is 26.8 Å². The Morgan fingerprint density at radius 2 is 2.05 bits per heavy atom. The number of nitrogens with one attached hydrogen (secondary N) is 1. The molecule has 1 aromatic carbocycles. The Hall–Kier alpha value is -0.900. The summed E-state index contributed by atoms with van der Waals surface area (Å²) in [5, 5.41) is 3.37. The number of hydrogen-bond acceptors (Lipinski definition) is 3. The summed E-state index contributed by atoms with van der Waals surface area (Å²) in [5.74, 6) is 0. The van der Waals surface area contributed by atoms with Gasteiger partial charge in [0.1, 0.15) is 0 Å². The molecule has 0 radical (unpaired) electrons. The molecule has 0 heterocycles. The van der Waals surface area contributed by atoms with Crippen LogP contribution in [0.5, 0.6) is 0 Å². The van der Waals surface area contributed by atoms with Gasteiger partial charge in [-0.1, -0.05) is 36.8 Å². The van der Waals surface area contributed by atoms with Crippen LogP contribution < -0.4 is 5.32 Å². The van der Waals surface area contributed by atoms with Crippen molar-refractivity contribution in [3.63, 3.8) is 0 Å². The molecule has 0 aliphatic heterocycles. The summed E-state index contributed by atoms with van der Waals surface area (Å²) in [5.41, 5.74) is 2.38. The predicted molar refractivity (Wildman–Crippen MR) is 84.1 cm³/mol. The van der Waals surface area contributed by atoms with E-state index in [1.165, 1.54) is 11.1 Å². The summed E-state index contributed by atoms with van der Waals surface area (Å²) in [7, 11) is 1.75. The van der Waals surface area contributed by atoms with Crippen molar-refractivity contribution in [3.8, 4) is 0 Å². The zero-order valence-electron chi connectivity index (χ0n) is 13.5. The van der Waals surface area contributed by atoms with Crippen molar-refractivity contribution >= 4 is 0 Å². The Morgan fingerprint density at radius 3 is 2.65 bits per heavy atom. The third-order valence-electron chi connectivity index (χ3n) is 3.57. The van der Waals surface area contributed by atoms with Crippen LogP contribution in [-0.2, 0) is 9.47 Å². The fraction of sp³-hybridized carbons (Fsp3) is 0.647. The molecule has 0 amide bonds. The Labute approximate surface area is 123 Å². The van der Waals surface area contributed by atoms with Gasteiger partial charge in [0.2, 0.25) is 0 Å². The highest BCUT2D eigenvalue weighted by molar-refractivity contribution is 5.24. The van der Waals surface area contributed by atoms with E-state index in [2.05, 4.69) is 57.3 Å². The second-order valence-corrected chi connectivity index (χ2v) is 5.80. The molecule has 0 fully saturated rings. The first-order chi connectivity index (χ1) is 9.48. The van der Waals surface area contributed by atoms with Gasteiger partial charge in [0.25, 0.3) is 0 Å². The van der Waals surface area contributed by atoms with E-state index >= 15 is 0 Å². The molecule has 0 saturated heterocycles. The largest absolute Gasteiger partial charge is 0.379 e. The van der Waals surface area contributed by atoms with E-state index in [4.69, 9.17) is 9.47 Å². The van der Waals surface area contributed by atoms with Crippen LogP contribution in [0, 0.1) is 6.92 Å². The van der Waals surface area contributed by atoms with Crippen molar-refractivity contribution in [2.45, 2.75) is 45.8 Å². The Balaban J connectivity index is 2.61. The molecule has 0 aliphatic carbocycles. The lowest BCUT2D eigenvalue weighted by molar-refractivity contribution is -0.0271. The highest BCUT2D eigenvalue weighted by Crippen LogP contribution is 2.20. The van der Waals surface area contributed by atoms with Gasteiger partial charge in [-0.2, -0.15) is 0 Å². The minimum absolute atomic E-state index is 0.0995. The van der Waals surface area contributed by atoms with Gasteiger partial charge in [-0.3, -0.25) is 0 Å². The van der Waals surface area contributed by atoms with Crippen LogP contribution in [0.1, 0.15) is 44.4 Å². The third kappa shape index (κ3) is 6.04. The topological polar surface area (TPSA) is 30.5 Å². The molecule has 20 heavy (non-hydrogen) atoms. The van der Waals surface area contributed by atoms with Crippen LogP contribution >= 0.6 is 0 Å².